The summed E-state index contributed by atoms with van der Waals surface area (Å²) in [4.78, 5) is 25.8. The van der Waals surface area contributed by atoms with E-state index in [1.807, 2.05) is 36.4 Å². The predicted molar refractivity (Wildman–Crippen MR) is 127 cm³/mol. The van der Waals surface area contributed by atoms with Crippen molar-refractivity contribution in [2.45, 2.75) is 6.92 Å². The first-order valence-electron chi connectivity index (χ1n) is 10.6. The number of aromatic nitrogens is 3. The van der Waals surface area contributed by atoms with Crippen molar-refractivity contribution in [2.75, 3.05) is 30.3 Å². The molecule has 33 heavy (non-hydrogen) atoms. The Morgan fingerprint density at radius 3 is 2.58 bits per heavy atom. The van der Waals surface area contributed by atoms with E-state index in [9.17, 15) is 4.79 Å². The molecule has 0 unspecified atom stereocenters. The predicted octanol–water partition coefficient (Wildman–Crippen LogP) is 4.26. The van der Waals surface area contributed by atoms with Gasteiger partial charge in [-0.25, -0.2) is 19.7 Å². The van der Waals surface area contributed by atoms with Crippen LogP contribution in [0.15, 0.2) is 66.9 Å². The van der Waals surface area contributed by atoms with Crippen LogP contribution in [0.3, 0.4) is 0 Å². The summed E-state index contributed by atoms with van der Waals surface area (Å²) in [5.41, 5.74) is 2.86. The van der Waals surface area contributed by atoms with Crippen molar-refractivity contribution in [1.29, 1.82) is 5.26 Å². The fourth-order valence-electron chi connectivity index (χ4n) is 3.28. The van der Waals surface area contributed by atoms with Gasteiger partial charge in [-0.05, 0) is 37.3 Å². The number of anilines is 2. The highest BCUT2D eigenvalue weighted by Crippen LogP contribution is 2.24. The fraction of sp³-hybridized carbons (Fsp3) is 0.160. The maximum Gasteiger partial charge on any atom is 0.341 e. The van der Waals surface area contributed by atoms with E-state index in [-0.39, 0.29) is 12.2 Å². The number of para-hydroxylation sites is 1. The van der Waals surface area contributed by atoms with Gasteiger partial charge >= 0.3 is 5.97 Å². The second kappa shape index (κ2) is 10.2. The van der Waals surface area contributed by atoms with Crippen LogP contribution >= 0.6 is 0 Å². The number of nitrogens with zero attached hydrogens (tertiary/aromatic N) is 4. The lowest BCUT2D eigenvalue weighted by Gasteiger charge is -2.12. The Kier molecular flexibility index (Phi) is 6.71. The number of benzene rings is 2. The van der Waals surface area contributed by atoms with Crippen molar-refractivity contribution in [1.82, 2.24) is 15.0 Å². The van der Waals surface area contributed by atoms with Gasteiger partial charge in [-0.3, -0.25) is 0 Å². The van der Waals surface area contributed by atoms with E-state index in [0.29, 0.717) is 35.9 Å². The van der Waals surface area contributed by atoms with Crippen LogP contribution in [0.5, 0.6) is 0 Å². The highest BCUT2D eigenvalue weighted by Gasteiger charge is 2.17. The fourth-order valence-corrected chi connectivity index (χ4v) is 3.28. The smallest absolute Gasteiger partial charge is 0.341 e. The molecule has 0 aliphatic rings. The van der Waals surface area contributed by atoms with Crippen LogP contribution in [0.4, 0.5) is 11.8 Å². The van der Waals surface area contributed by atoms with E-state index >= 15 is 0 Å². The van der Waals surface area contributed by atoms with E-state index in [2.05, 4.69) is 31.7 Å². The third kappa shape index (κ3) is 5.22. The number of pyridine rings is 1. The Hall–Kier alpha value is -4.51. The molecule has 0 saturated carbocycles. The zero-order valence-corrected chi connectivity index (χ0v) is 18.1. The molecule has 4 aromatic rings. The molecule has 8 nitrogen and oxygen atoms in total. The molecular formula is C25H22N6O2. The minimum atomic E-state index is -0.493. The standard InChI is InChI=1S/C25H22N6O2/c1-2-33-24(32)20-16-29-25(31-23(20)19-9-7-17(15-26)8-10-19)28-14-13-27-22-12-11-18-5-3-4-6-21(18)30-22/h3-12,16H,2,13-14H2,1H3,(H,27,30)(H,28,29,31). The number of carbonyl (C=O) groups excluding carboxylic acids is 1. The molecular weight excluding hydrogens is 416 g/mol. The van der Waals surface area contributed by atoms with Crippen LogP contribution < -0.4 is 10.6 Å². The van der Waals surface area contributed by atoms with Crippen molar-refractivity contribution in [3.63, 3.8) is 0 Å². The summed E-state index contributed by atoms with van der Waals surface area (Å²) < 4.78 is 5.14. The van der Waals surface area contributed by atoms with Gasteiger partial charge in [0.1, 0.15) is 11.4 Å². The number of hydrogen-bond acceptors (Lipinski definition) is 8. The molecule has 0 bridgehead atoms. The monoisotopic (exact) mass is 438 g/mol. The molecule has 0 aliphatic carbocycles. The summed E-state index contributed by atoms with van der Waals surface area (Å²) in [5, 5.41) is 16.6. The summed E-state index contributed by atoms with van der Waals surface area (Å²) in [6.07, 6.45) is 1.46. The first kappa shape index (κ1) is 21.7. The summed E-state index contributed by atoms with van der Waals surface area (Å²) in [7, 11) is 0. The maximum atomic E-state index is 12.4. The number of esters is 1. The molecule has 0 spiro atoms. The third-order valence-corrected chi connectivity index (χ3v) is 4.88. The second-order valence-corrected chi connectivity index (χ2v) is 7.11. The Labute approximate surface area is 191 Å². The van der Waals surface area contributed by atoms with E-state index in [0.717, 1.165) is 16.7 Å². The van der Waals surface area contributed by atoms with Gasteiger partial charge < -0.3 is 15.4 Å². The molecule has 0 radical (unpaired) electrons. The number of nitrogens with one attached hydrogen (secondary N) is 2. The SMILES string of the molecule is CCOC(=O)c1cnc(NCCNc2ccc3ccccc3n2)nc1-c1ccc(C#N)cc1. The number of hydrogen-bond donors (Lipinski definition) is 2. The second-order valence-electron chi connectivity index (χ2n) is 7.11. The molecule has 2 aromatic carbocycles. The van der Waals surface area contributed by atoms with Crippen molar-refractivity contribution in [3.8, 4) is 17.3 Å². The molecule has 164 valence electrons. The minimum Gasteiger partial charge on any atom is -0.462 e. The Morgan fingerprint density at radius 1 is 1.00 bits per heavy atom. The molecule has 8 heteroatoms. The maximum absolute atomic E-state index is 12.4. The number of ether oxygens (including phenoxy) is 1. The van der Waals surface area contributed by atoms with Crippen LogP contribution in [0.25, 0.3) is 22.2 Å². The summed E-state index contributed by atoms with van der Waals surface area (Å²) in [6.45, 7) is 3.13. The van der Waals surface area contributed by atoms with Gasteiger partial charge in [0, 0.05) is 30.2 Å². The van der Waals surface area contributed by atoms with Gasteiger partial charge in [-0.2, -0.15) is 5.26 Å². The van der Waals surface area contributed by atoms with Gasteiger partial charge in [-0.15, -0.1) is 0 Å². The van der Waals surface area contributed by atoms with Crippen LogP contribution in [0.2, 0.25) is 0 Å². The van der Waals surface area contributed by atoms with Crippen LogP contribution in [-0.4, -0.2) is 40.6 Å². The van der Waals surface area contributed by atoms with Gasteiger partial charge in [0.25, 0.3) is 0 Å². The molecule has 2 heterocycles. The number of rotatable bonds is 8. The zero-order chi connectivity index (χ0) is 23.0. The third-order valence-electron chi connectivity index (χ3n) is 4.88. The first-order chi connectivity index (χ1) is 16.2. The van der Waals surface area contributed by atoms with E-state index in [1.54, 1.807) is 31.2 Å². The van der Waals surface area contributed by atoms with Crippen LogP contribution in [0, 0.1) is 11.3 Å². The summed E-state index contributed by atoms with van der Waals surface area (Å²) >= 11 is 0. The average Bonchev–Trinajstić information content (AvgIpc) is 2.86. The minimum absolute atomic E-state index is 0.250. The number of nitriles is 1. The van der Waals surface area contributed by atoms with Crippen LogP contribution in [-0.2, 0) is 4.74 Å². The normalized spacial score (nSPS) is 10.4. The Balaban J connectivity index is 1.46. The van der Waals surface area contributed by atoms with Gasteiger partial charge in [0.15, 0.2) is 0 Å². The molecule has 0 aliphatic heterocycles. The average molecular weight is 438 g/mol. The lowest BCUT2D eigenvalue weighted by molar-refractivity contribution is 0.0526. The number of fused-ring (bicyclic) bond motifs is 1. The highest BCUT2D eigenvalue weighted by atomic mass is 16.5. The Bertz CT molecular complexity index is 1310. The van der Waals surface area contributed by atoms with E-state index in [1.165, 1.54) is 6.20 Å². The number of carbonyl (C=O) groups is 1. The highest BCUT2D eigenvalue weighted by molar-refractivity contribution is 5.96. The molecule has 4 rings (SSSR count). The van der Waals surface area contributed by atoms with Gasteiger partial charge in [0.2, 0.25) is 5.95 Å². The van der Waals surface area contributed by atoms with Crippen molar-refractivity contribution in [2.24, 2.45) is 0 Å². The first-order valence-corrected chi connectivity index (χ1v) is 10.6. The molecule has 0 saturated heterocycles. The topological polar surface area (TPSA) is 113 Å². The molecule has 0 amide bonds. The lowest BCUT2D eigenvalue weighted by Crippen LogP contribution is -2.17. The van der Waals surface area contributed by atoms with Gasteiger partial charge in [-0.1, -0.05) is 30.3 Å². The van der Waals surface area contributed by atoms with Crippen molar-refractivity contribution >= 4 is 28.6 Å². The van der Waals surface area contributed by atoms with E-state index < -0.39 is 5.97 Å². The summed E-state index contributed by atoms with van der Waals surface area (Å²) in [5.74, 6) is 0.676. The molecule has 2 aromatic heterocycles. The molecule has 0 fully saturated rings. The van der Waals surface area contributed by atoms with Crippen molar-refractivity contribution < 1.29 is 9.53 Å². The zero-order valence-electron chi connectivity index (χ0n) is 18.1. The Morgan fingerprint density at radius 2 is 1.79 bits per heavy atom. The van der Waals surface area contributed by atoms with Gasteiger partial charge in [0.05, 0.1) is 29.5 Å². The van der Waals surface area contributed by atoms with Crippen molar-refractivity contribution in [3.05, 3.63) is 78.0 Å². The van der Waals surface area contributed by atoms with Crippen LogP contribution in [0.1, 0.15) is 22.8 Å². The lowest BCUT2D eigenvalue weighted by atomic mass is 10.1. The summed E-state index contributed by atoms with van der Waals surface area (Å²) in [6, 6.07) is 20.9. The molecule has 2 N–H and O–H groups in total. The molecule has 0 atom stereocenters. The largest absolute Gasteiger partial charge is 0.462 e. The van der Waals surface area contributed by atoms with E-state index in [4.69, 9.17) is 10.00 Å². The quantitative estimate of drug-likeness (QED) is 0.310.